The van der Waals surface area contributed by atoms with Gasteiger partial charge in [-0.15, -0.1) is 0 Å². The molecular weight excluding hydrogens is 340 g/mol. The standard InChI is InChI=1S/C26H24N2/c1-19-7-3-5-9-25(19)28(26-10-6-4-8-20(26)2)24-17-13-22(14-18-24)21-11-15-23(27)16-12-21/h3-18H,27H2,1-2H3. The summed E-state index contributed by atoms with van der Waals surface area (Å²) in [5.74, 6) is 0. The van der Waals surface area contributed by atoms with E-state index in [4.69, 9.17) is 5.73 Å². The third-order valence-electron chi connectivity index (χ3n) is 5.08. The van der Waals surface area contributed by atoms with Crippen LogP contribution in [0.3, 0.4) is 0 Å². The zero-order chi connectivity index (χ0) is 19.5. The lowest BCUT2D eigenvalue weighted by Gasteiger charge is -2.28. The minimum atomic E-state index is 0.783. The maximum Gasteiger partial charge on any atom is 0.0490 e. The summed E-state index contributed by atoms with van der Waals surface area (Å²) in [6, 6.07) is 33.7. The first kappa shape index (κ1) is 17.9. The van der Waals surface area contributed by atoms with Gasteiger partial charge in [0.15, 0.2) is 0 Å². The Balaban J connectivity index is 1.80. The number of benzene rings is 4. The summed E-state index contributed by atoms with van der Waals surface area (Å²) < 4.78 is 0. The summed E-state index contributed by atoms with van der Waals surface area (Å²) >= 11 is 0. The molecule has 4 aromatic rings. The van der Waals surface area contributed by atoms with Gasteiger partial charge in [0.25, 0.3) is 0 Å². The lowest BCUT2D eigenvalue weighted by molar-refractivity contribution is 1.23. The van der Waals surface area contributed by atoms with Crippen LogP contribution < -0.4 is 10.6 Å². The molecular formula is C26H24N2. The Morgan fingerprint density at radius 2 is 0.964 bits per heavy atom. The second-order valence-corrected chi connectivity index (χ2v) is 7.08. The molecule has 2 nitrogen and oxygen atoms in total. The molecule has 0 saturated heterocycles. The molecule has 0 spiro atoms. The van der Waals surface area contributed by atoms with Crippen molar-refractivity contribution in [3.8, 4) is 11.1 Å². The summed E-state index contributed by atoms with van der Waals surface area (Å²) in [6.45, 7) is 4.31. The Kier molecular flexibility index (Phi) is 4.86. The number of hydrogen-bond acceptors (Lipinski definition) is 2. The molecule has 138 valence electrons. The zero-order valence-electron chi connectivity index (χ0n) is 16.3. The van der Waals surface area contributed by atoms with E-state index in [2.05, 4.69) is 104 Å². The van der Waals surface area contributed by atoms with Crippen molar-refractivity contribution in [2.75, 3.05) is 10.6 Å². The molecule has 28 heavy (non-hydrogen) atoms. The largest absolute Gasteiger partial charge is 0.399 e. The van der Waals surface area contributed by atoms with Crippen LogP contribution in [0, 0.1) is 13.8 Å². The second-order valence-electron chi connectivity index (χ2n) is 7.08. The minimum absolute atomic E-state index is 0.783. The molecule has 4 rings (SSSR count). The molecule has 0 bridgehead atoms. The third-order valence-corrected chi connectivity index (χ3v) is 5.08. The summed E-state index contributed by atoms with van der Waals surface area (Å²) in [5, 5.41) is 0. The average Bonchev–Trinajstić information content (AvgIpc) is 2.72. The molecule has 0 radical (unpaired) electrons. The molecule has 0 aliphatic heterocycles. The van der Waals surface area contributed by atoms with Gasteiger partial charge in [0.2, 0.25) is 0 Å². The molecule has 0 saturated carbocycles. The monoisotopic (exact) mass is 364 g/mol. The third kappa shape index (κ3) is 3.49. The first-order valence-corrected chi connectivity index (χ1v) is 9.51. The molecule has 0 amide bonds. The normalized spacial score (nSPS) is 10.6. The summed E-state index contributed by atoms with van der Waals surface area (Å²) in [4.78, 5) is 2.33. The Morgan fingerprint density at radius 1 is 0.536 bits per heavy atom. The van der Waals surface area contributed by atoms with E-state index < -0.39 is 0 Å². The van der Waals surface area contributed by atoms with Crippen LogP contribution in [0.15, 0.2) is 97.1 Å². The summed E-state index contributed by atoms with van der Waals surface area (Å²) in [6.07, 6.45) is 0. The highest BCUT2D eigenvalue weighted by molar-refractivity contribution is 5.81. The smallest absolute Gasteiger partial charge is 0.0490 e. The molecule has 0 heterocycles. The Hall–Kier alpha value is -3.52. The predicted molar refractivity (Wildman–Crippen MR) is 120 cm³/mol. The number of rotatable bonds is 4. The minimum Gasteiger partial charge on any atom is -0.399 e. The molecule has 4 aromatic carbocycles. The quantitative estimate of drug-likeness (QED) is 0.394. The van der Waals surface area contributed by atoms with Gasteiger partial charge in [-0.05, 0) is 72.5 Å². The van der Waals surface area contributed by atoms with Crippen LogP contribution in [0.25, 0.3) is 11.1 Å². The SMILES string of the molecule is Cc1ccccc1N(c1ccc(-c2ccc(N)cc2)cc1)c1ccccc1C. The maximum absolute atomic E-state index is 5.82. The topological polar surface area (TPSA) is 29.3 Å². The van der Waals surface area contributed by atoms with Gasteiger partial charge in [-0.1, -0.05) is 60.7 Å². The van der Waals surface area contributed by atoms with Gasteiger partial charge in [0, 0.05) is 22.7 Å². The lowest BCUT2D eigenvalue weighted by atomic mass is 10.0. The Bertz CT molecular complexity index is 1030. The summed E-state index contributed by atoms with van der Waals surface area (Å²) in [7, 11) is 0. The number of anilines is 4. The van der Waals surface area contributed by atoms with Gasteiger partial charge in [0.1, 0.15) is 0 Å². The number of aryl methyl sites for hydroxylation is 2. The van der Waals surface area contributed by atoms with Gasteiger partial charge in [-0.3, -0.25) is 0 Å². The van der Waals surface area contributed by atoms with E-state index in [-0.39, 0.29) is 0 Å². The fourth-order valence-electron chi connectivity index (χ4n) is 3.52. The van der Waals surface area contributed by atoms with E-state index in [1.54, 1.807) is 0 Å². The molecule has 2 heteroatoms. The fraction of sp³-hybridized carbons (Fsp3) is 0.0769. The van der Waals surface area contributed by atoms with E-state index in [1.165, 1.54) is 33.6 Å². The van der Waals surface area contributed by atoms with Gasteiger partial charge in [0.05, 0.1) is 0 Å². The fourth-order valence-corrected chi connectivity index (χ4v) is 3.52. The van der Waals surface area contributed by atoms with Gasteiger partial charge in [-0.25, -0.2) is 0 Å². The lowest BCUT2D eigenvalue weighted by Crippen LogP contribution is -2.12. The highest BCUT2D eigenvalue weighted by Crippen LogP contribution is 2.38. The van der Waals surface area contributed by atoms with E-state index in [9.17, 15) is 0 Å². The highest BCUT2D eigenvalue weighted by Gasteiger charge is 2.15. The zero-order valence-corrected chi connectivity index (χ0v) is 16.3. The first-order valence-electron chi connectivity index (χ1n) is 9.51. The molecule has 0 atom stereocenters. The number of nitrogens with two attached hydrogens (primary N) is 1. The van der Waals surface area contributed by atoms with Crippen molar-refractivity contribution in [3.05, 3.63) is 108 Å². The summed E-state index contributed by atoms with van der Waals surface area (Å²) in [5.41, 5.74) is 15.0. The molecule has 0 unspecified atom stereocenters. The number of nitrogen functional groups attached to an aromatic ring is 1. The highest BCUT2D eigenvalue weighted by atomic mass is 15.1. The van der Waals surface area contributed by atoms with Crippen LogP contribution in [0.2, 0.25) is 0 Å². The molecule has 0 fully saturated rings. The van der Waals surface area contributed by atoms with Gasteiger partial charge >= 0.3 is 0 Å². The van der Waals surface area contributed by atoms with Gasteiger partial charge < -0.3 is 10.6 Å². The Labute approximate surface area is 166 Å². The molecule has 0 aliphatic carbocycles. The van der Waals surface area contributed by atoms with Crippen LogP contribution in [0.5, 0.6) is 0 Å². The number of nitrogens with zero attached hydrogens (tertiary/aromatic N) is 1. The van der Waals surface area contributed by atoms with Crippen LogP contribution in [-0.4, -0.2) is 0 Å². The predicted octanol–water partition coefficient (Wildman–Crippen LogP) is 7.02. The van der Waals surface area contributed by atoms with Crippen molar-refractivity contribution in [1.29, 1.82) is 0 Å². The van der Waals surface area contributed by atoms with Crippen molar-refractivity contribution in [2.45, 2.75) is 13.8 Å². The van der Waals surface area contributed by atoms with Crippen molar-refractivity contribution in [2.24, 2.45) is 0 Å². The van der Waals surface area contributed by atoms with Crippen molar-refractivity contribution >= 4 is 22.7 Å². The second kappa shape index (κ2) is 7.61. The van der Waals surface area contributed by atoms with E-state index in [0.717, 1.165) is 11.4 Å². The van der Waals surface area contributed by atoms with E-state index >= 15 is 0 Å². The van der Waals surface area contributed by atoms with Crippen molar-refractivity contribution in [3.63, 3.8) is 0 Å². The maximum atomic E-state index is 5.82. The molecule has 0 aliphatic rings. The van der Waals surface area contributed by atoms with Crippen LogP contribution in [-0.2, 0) is 0 Å². The average molecular weight is 364 g/mol. The Morgan fingerprint density at radius 3 is 1.43 bits per heavy atom. The molecule has 2 N–H and O–H groups in total. The van der Waals surface area contributed by atoms with Crippen LogP contribution in [0.1, 0.15) is 11.1 Å². The van der Waals surface area contributed by atoms with Crippen molar-refractivity contribution in [1.82, 2.24) is 0 Å². The van der Waals surface area contributed by atoms with E-state index in [0.29, 0.717) is 0 Å². The van der Waals surface area contributed by atoms with Crippen LogP contribution in [0.4, 0.5) is 22.7 Å². The number of para-hydroxylation sites is 2. The first-order chi connectivity index (χ1) is 13.6. The van der Waals surface area contributed by atoms with Crippen molar-refractivity contribution < 1.29 is 0 Å². The van der Waals surface area contributed by atoms with Crippen LogP contribution >= 0.6 is 0 Å². The van der Waals surface area contributed by atoms with Gasteiger partial charge in [-0.2, -0.15) is 0 Å². The van der Waals surface area contributed by atoms with E-state index in [1.807, 2.05) is 12.1 Å². The molecule has 0 aromatic heterocycles. The number of hydrogen-bond donors (Lipinski definition) is 1.